The molecule has 1 aromatic carbocycles. The van der Waals surface area contributed by atoms with Gasteiger partial charge in [-0.25, -0.2) is 4.39 Å². The first-order valence-electron chi connectivity index (χ1n) is 5.02. The van der Waals surface area contributed by atoms with E-state index in [2.05, 4.69) is 12.4 Å². The predicted octanol–water partition coefficient (Wildman–Crippen LogP) is -1.63. The Bertz CT molecular complexity index is 307. The van der Waals surface area contributed by atoms with Crippen LogP contribution in [-0.4, -0.2) is 33.2 Å². The summed E-state index contributed by atoms with van der Waals surface area (Å²) in [4.78, 5) is 0. The minimum Gasteiger partial charge on any atom is -1.00 e. The maximum atomic E-state index is 12.8. The first-order valence-corrected chi connectivity index (χ1v) is 5.02. The van der Waals surface area contributed by atoms with Gasteiger partial charge in [0.1, 0.15) is 11.5 Å². The molecule has 0 spiro atoms. The van der Waals surface area contributed by atoms with Crippen LogP contribution in [-0.2, 0) is 0 Å². The zero-order valence-electron chi connectivity index (χ0n) is 8.84. The van der Waals surface area contributed by atoms with Crippen LogP contribution in [0.15, 0.2) is 24.3 Å². The molecule has 0 unspecified atom stereocenters. The van der Waals surface area contributed by atoms with E-state index in [1.807, 2.05) is 12.1 Å². The van der Waals surface area contributed by atoms with Crippen LogP contribution in [0.4, 0.5) is 10.1 Å². The van der Waals surface area contributed by atoms with E-state index in [-0.39, 0.29) is 29.8 Å². The van der Waals surface area contributed by atoms with Crippen molar-refractivity contribution in [3.63, 3.8) is 0 Å². The standard InChI is InChI=1S/C11H16FN2.HI/c1-14(8-6-13-7-9-14)11-4-2-10(12)3-5-11;/h2-5,13H,6-9H2,1H3;1H/q+1;/p-1. The van der Waals surface area contributed by atoms with E-state index in [0.29, 0.717) is 0 Å². The molecular formula is C11H16FIN2. The number of nitrogens with one attached hydrogen (secondary N) is 1. The summed E-state index contributed by atoms with van der Waals surface area (Å²) in [6.45, 7) is 4.22. The average molecular weight is 322 g/mol. The van der Waals surface area contributed by atoms with Crippen LogP contribution in [0, 0.1) is 5.82 Å². The van der Waals surface area contributed by atoms with Gasteiger partial charge < -0.3 is 29.3 Å². The number of quaternary nitrogens is 1. The van der Waals surface area contributed by atoms with Gasteiger partial charge in [-0.1, -0.05) is 0 Å². The fourth-order valence-electron chi connectivity index (χ4n) is 1.95. The minimum absolute atomic E-state index is 0. The molecule has 0 saturated carbocycles. The highest BCUT2D eigenvalue weighted by molar-refractivity contribution is 5.42. The monoisotopic (exact) mass is 322 g/mol. The van der Waals surface area contributed by atoms with Gasteiger partial charge in [0, 0.05) is 25.2 Å². The maximum Gasteiger partial charge on any atom is 0.132 e. The van der Waals surface area contributed by atoms with Crippen LogP contribution in [0.1, 0.15) is 0 Å². The second-order valence-electron chi connectivity index (χ2n) is 4.07. The quantitative estimate of drug-likeness (QED) is 0.484. The summed E-state index contributed by atoms with van der Waals surface area (Å²) in [5.74, 6) is -0.157. The van der Waals surface area contributed by atoms with E-state index < -0.39 is 0 Å². The molecule has 2 nitrogen and oxygen atoms in total. The highest BCUT2D eigenvalue weighted by Crippen LogP contribution is 2.21. The predicted molar refractivity (Wildman–Crippen MR) is 56.7 cm³/mol. The lowest BCUT2D eigenvalue weighted by Crippen LogP contribution is -3.00. The summed E-state index contributed by atoms with van der Waals surface area (Å²) in [5.41, 5.74) is 1.20. The van der Waals surface area contributed by atoms with Crippen LogP contribution in [0.5, 0.6) is 0 Å². The Labute approximate surface area is 107 Å². The SMILES string of the molecule is C[N+]1(c2ccc(F)cc2)CCNCC1.[I-]. The molecule has 1 aromatic rings. The average Bonchev–Trinajstić information content (AvgIpc) is 2.19. The molecule has 0 atom stereocenters. The van der Waals surface area contributed by atoms with E-state index in [1.165, 1.54) is 5.69 Å². The lowest BCUT2D eigenvalue weighted by molar-refractivity contribution is -0.00000365. The molecule has 1 N–H and O–H groups in total. The van der Waals surface area contributed by atoms with Crippen molar-refractivity contribution in [2.45, 2.75) is 0 Å². The van der Waals surface area contributed by atoms with Gasteiger partial charge >= 0.3 is 0 Å². The van der Waals surface area contributed by atoms with E-state index in [1.54, 1.807) is 12.1 Å². The molecule has 0 aliphatic carbocycles. The number of nitrogens with zero attached hydrogens (tertiary/aromatic N) is 1. The first kappa shape index (κ1) is 12.9. The third-order valence-corrected chi connectivity index (χ3v) is 3.01. The molecule has 1 aliphatic rings. The second-order valence-corrected chi connectivity index (χ2v) is 4.07. The molecule has 0 aromatic heterocycles. The van der Waals surface area contributed by atoms with Gasteiger partial charge in [-0.3, -0.25) is 4.48 Å². The molecule has 0 radical (unpaired) electrons. The van der Waals surface area contributed by atoms with Crippen LogP contribution >= 0.6 is 0 Å². The third-order valence-electron chi connectivity index (χ3n) is 3.01. The van der Waals surface area contributed by atoms with E-state index >= 15 is 0 Å². The first-order chi connectivity index (χ1) is 6.71. The molecule has 84 valence electrons. The number of halogens is 2. The van der Waals surface area contributed by atoms with Gasteiger partial charge in [-0.05, 0) is 12.1 Å². The van der Waals surface area contributed by atoms with Gasteiger partial charge in [-0.2, -0.15) is 0 Å². The van der Waals surface area contributed by atoms with Crippen molar-refractivity contribution in [1.82, 2.24) is 9.80 Å². The van der Waals surface area contributed by atoms with Gasteiger partial charge in [0.15, 0.2) is 0 Å². The Balaban J connectivity index is 0.00000112. The zero-order valence-corrected chi connectivity index (χ0v) is 11.0. The fraction of sp³-hybridized carbons (Fsp3) is 0.455. The number of rotatable bonds is 1. The van der Waals surface area contributed by atoms with Crippen molar-refractivity contribution in [1.29, 1.82) is 0 Å². The molecule has 15 heavy (non-hydrogen) atoms. The molecule has 2 rings (SSSR count). The van der Waals surface area contributed by atoms with Gasteiger partial charge in [0.25, 0.3) is 0 Å². The molecular weight excluding hydrogens is 306 g/mol. The summed E-state index contributed by atoms with van der Waals surface area (Å²) < 4.78 is 13.7. The van der Waals surface area contributed by atoms with Crippen molar-refractivity contribution in [3.8, 4) is 0 Å². The Morgan fingerprint density at radius 1 is 1.13 bits per heavy atom. The Morgan fingerprint density at radius 3 is 2.20 bits per heavy atom. The summed E-state index contributed by atoms with van der Waals surface area (Å²) in [6, 6.07) is 6.86. The molecule has 0 bridgehead atoms. The summed E-state index contributed by atoms with van der Waals surface area (Å²) in [7, 11) is 2.20. The summed E-state index contributed by atoms with van der Waals surface area (Å²) >= 11 is 0. The topological polar surface area (TPSA) is 12.0 Å². The van der Waals surface area contributed by atoms with Crippen LogP contribution in [0.25, 0.3) is 0 Å². The number of hydrogen-bond acceptors (Lipinski definition) is 1. The van der Waals surface area contributed by atoms with Crippen LogP contribution < -0.4 is 33.8 Å². The fourth-order valence-corrected chi connectivity index (χ4v) is 1.95. The van der Waals surface area contributed by atoms with Gasteiger partial charge in [-0.15, -0.1) is 0 Å². The molecule has 1 aliphatic heterocycles. The molecule has 1 saturated heterocycles. The van der Waals surface area contributed by atoms with Crippen molar-refractivity contribution in [2.75, 3.05) is 33.2 Å². The van der Waals surface area contributed by atoms with E-state index in [9.17, 15) is 4.39 Å². The molecule has 0 amide bonds. The van der Waals surface area contributed by atoms with Crippen LogP contribution in [0.2, 0.25) is 0 Å². The molecule has 1 fully saturated rings. The van der Waals surface area contributed by atoms with Crippen molar-refractivity contribution < 1.29 is 28.4 Å². The maximum absolute atomic E-state index is 12.8. The Morgan fingerprint density at radius 2 is 1.67 bits per heavy atom. The minimum atomic E-state index is -0.157. The lowest BCUT2D eigenvalue weighted by Gasteiger charge is -2.37. The Kier molecular flexibility index (Phi) is 4.48. The number of benzene rings is 1. The number of piperazine rings is 1. The number of likely N-dealkylation sites (N-methyl/N-ethyl adjacent to an activating group) is 1. The highest BCUT2D eigenvalue weighted by Gasteiger charge is 2.26. The van der Waals surface area contributed by atoms with Crippen molar-refractivity contribution >= 4 is 5.69 Å². The largest absolute Gasteiger partial charge is 1.00 e. The van der Waals surface area contributed by atoms with Crippen molar-refractivity contribution in [3.05, 3.63) is 30.1 Å². The smallest absolute Gasteiger partial charge is 0.132 e. The summed E-state index contributed by atoms with van der Waals surface area (Å²) in [6.07, 6.45) is 0. The number of hydrogen-bond donors (Lipinski definition) is 1. The second kappa shape index (κ2) is 5.23. The molecule has 4 heteroatoms. The van der Waals surface area contributed by atoms with Crippen molar-refractivity contribution in [2.24, 2.45) is 0 Å². The zero-order chi connectivity index (χ0) is 10.0. The highest BCUT2D eigenvalue weighted by atomic mass is 127. The molecule has 1 heterocycles. The third kappa shape index (κ3) is 2.89. The lowest BCUT2D eigenvalue weighted by atomic mass is 10.2. The Hall–Kier alpha value is -0.200. The van der Waals surface area contributed by atoms with E-state index in [4.69, 9.17) is 0 Å². The van der Waals surface area contributed by atoms with Gasteiger partial charge in [0.05, 0.1) is 20.1 Å². The van der Waals surface area contributed by atoms with Crippen LogP contribution in [0.3, 0.4) is 0 Å². The van der Waals surface area contributed by atoms with E-state index in [0.717, 1.165) is 30.7 Å². The normalized spacial score (nSPS) is 19.3. The van der Waals surface area contributed by atoms with Gasteiger partial charge in [0.2, 0.25) is 0 Å². The summed E-state index contributed by atoms with van der Waals surface area (Å²) in [5, 5.41) is 3.33.